The number of fused-ring (bicyclic) bond motifs is 1. The number of oxime groups is 1. The van der Waals surface area contributed by atoms with Crippen molar-refractivity contribution in [3.63, 3.8) is 0 Å². The molecule has 2 aromatic heterocycles. The van der Waals surface area contributed by atoms with Crippen molar-refractivity contribution in [2.45, 2.75) is 29.6 Å². The summed E-state index contributed by atoms with van der Waals surface area (Å²) in [4.78, 5) is 63.2. The summed E-state index contributed by atoms with van der Waals surface area (Å²) >= 11 is 3.28. The molecule has 17 nitrogen and oxygen atoms in total. The molecule has 0 radical (unpaired) electrons. The normalized spacial score (nSPS) is 19.5. The number of carbonyl (C=O) groups is 4. The minimum Gasteiger partial charge on any atom is -0.543 e. The number of aliphatic carboxylic acids is 2. The van der Waals surface area contributed by atoms with Gasteiger partial charge in [0.25, 0.3) is 11.8 Å². The molecule has 20 heteroatoms. The maximum absolute atomic E-state index is 13.1. The first-order chi connectivity index (χ1) is 18.9. The number of nitrogens with one attached hydrogen (secondary N) is 1. The molecule has 1 saturated heterocycles. The molecular weight excluding hydrogens is 588 g/mol. The lowest BCUT2D eigenvalue weighted by atomic mass is 10.0. The number of nitrogen functional groups attached to an aromatic ring is 4. The van der Waals surface area contributed by atoms with Crippen LogP contribution in [0.25, 0.3) is 0 Å². The van der Waals surface area contributed by atoms with Crippen LogP contribution in [0.5, 0.6) is 0 Å². The van der Waals surface area contributed by atoms with Gasteiger partial charge < -0.3 is 42.4 Å². The van der Waals surface area contributed by atoms with Gasteiger partial charge in [0.05, 0.1) is 17.7 Å². The smallest absolute Gasteiger partial charge is 0.347 e. The fraction of sp³-hybridized carbons (Fsp3) is 0.300. The van der Waals surface area contributed by atoms with Crippen LogP contribution in [0.1, 0.15) is 12.6 Å². The number of aromatic nitrogens is 3. The number of carbonyl (C=O) groups excluding carboxylic acids is 3. The minimum absolute atomic E-state index is 0.0000780. The quantitative estimate of drug-likeness (QED) is 0.0292. The van der Waals surface area contributed by atoms with Gasteiger partial charge in [-0.05, 0) is 24.3 Å². The number of nitrogens with two attached hydrogens (primary N) is 4. The van der Waals surface area contributed by atoms with Gasteiger partial charge >= 0.3 is 11.1 Å². The van der Waals surface area contributed by atoms with Crippen molar-refractivity contribution in [1.82, 2.24) is 20.2 Å². The zero-order valence-electron chi connectivity index (χ0n) is 20.5. The lowest BCUT2D eigenvalue weighted by Gasteiger charge is -2.50. The van der Waals surface area contributed by atoms with Crippen LogP contribution < -0.4 is 38.1 Å². The Bertz CT molecular complexity index is 1460. The Morgan fingerprint density at radius 2 is 2.10 bits per heavy atom. The van der Waals surface area contributed by atoms with Crippen molar-refractivity contribution in [2.24, 2.45) is 5.16 Å². The number of thioether (sulfide) groups is 2. The van der Waals surface area contributed by atoms with E-state index in [0.29, 0.717) is 5.57 Å². The molecule has 10 N–H and O–H groups in total. The average molecular weight is 611 g/mol. The van der Waals surface area contributed by atoms with Gasteiger partial charge in [0, 0.05) is 16.9 Å². The number of rotatable bonds is 10. The summed E-state index contributed by atoms with van der Waals surface area (Å²) in [5.74, 6) is 1.90. The summed E-state index contributed by atoms with van der Waals surface area (Å²) in [5, 5.41) is 28.2. The van der Waals surface area contributed by atoms with Gasteiger partial charge in [0.2, 0.25) is 17.7 Å². The molecule has 40 heavy (non-hydrogen) atoms. The van der Waals surface area contributed by atoms with Crippen LogP contribution in [-0.4, -0.2) is 78.5 Å². The maximum atomic E-state index is 13.1. The molecular formula is C20H22N10O7S3. The van der Waals surface area contributed by atoms with Crippen molar-refractivity contribution in [3.8, 4) is 0 Å². The van der Waals surface area contributed by atoms with Crippen LogP contribution in [0, 0.1) is 0 Å². The summed E-state index contributed by atoms with van der Waals surface area (Å²) in [5.41, 5.74) is 16.8. The third-order valence-electron chi connectivity index (χ3n) is 5.54. The van der Waals surface area contributed by atoms with Crippen molar-refractivity contribution < 1.29 is 38.9 Å². The lowest BCUT2D eigenvalue weighted by molar-refractivity contribution is -0.667. The number of anilines is 3. The van der Waals surface area contributed by atoms with Gasteiger partial charge in [-0.1, -0.05) is 10.1 Å². The molecule has 0 spiro atoms. The molecule has 3 atom stereocenters. The molecule has 2 aromatic rings. The monoisotopic (exact) mass is 610 g/mol. The Kier molecular flexibility index (Phi) is 8.21. The Balaban J connectivity index is 1.52. The van der Waals surface area contributed by atoms with Gasteiger partial charge in [0.15, 0.2) is 10.8 Å². The van der Waals surface area contributed by atoms with E-state index in [1.54, 1.807) is 0 Å². The fourth-order valence-electron chi connectivity index (χ4n) is 3.55. The molecule has 1 fully saturated rings. The van der Waals surface area contributed by atoms with E-state index in [-0.39, 0.29) is 44.8 Å². The molecule has 0 aliphatic carbocycles. The average Bonchev–Trinajstić information content (AvgIpc) is 3.33. The molecule has 4 rings (SSSR count). The summed E-state index contributed by atoms with van der Waals surface area (Å²) in [6, 6.07) is 0.239. The second-order valence-corrected chi connectivity index (χ2v) is 11.2. The Labute approximate surface area is 237 Å². The molecule has 4 heterocycles. The highest BCUT2D eigenvalue weighted by atomic mass is 32.2. The van der Waals surface area contributed by atoms with Crippen LogP contribution in [0.3, 0.4) is 0 Å². The first-order valence-corrected chi connectivity index (χ1v) is 14.0. The maximum Gasteiger partial charge on any atom is 0.347 e. The van der Waals surface area contributed by atoms with Crippen molar-refractivity contribution in [2.75, 3.05) is 34.5 Å². The summed E-state index contributed by atoms with van der Waals surface area (Å²) in [6.45, 7) is 1.21. The van der Waals surface area contributed by atoms with Crippen LogP contribution in [0.2, 0.25) is 0 Å². The first-order valence-electron chi connectivity index (χ1n) is 11.1. The molecule has 2 aliphatic heterocycles. The van der Waals surface area contributed by atoms with Gasteiger partial charge in [-0.15, -0.1) is 27.8 Å². The molecule has 2 amide bonds. The lowest BCUT2D eigenvalue weighted by Crippen LogP contribution is -2.71. The van der Waals surface area contributed by atoms with Gasteiger partial charge in [-0.2, -0.15) is 0 Å². The summed E-state index contributed by atoms with van der Waals surface area (Å²) < 4.78 is 1.09. The SMILES string of the molecule is C[C@@H](O/N=C(\C(=O)NC1C(=O)N2C(C(=O)[O-])=C(CSc3nc(N)cc(N)[n+]3N)CS[C@H]12)c1csc(N)n1)C(=O)O. The highest BCUT2D eigenvalue weighted by Gasteiger charge is 2.53. The fourth-order valence-corrected chi connectivity index (χ4v) is 6.53. The highest BCUT2D eigenvalue weighted by molar-refractivity contribution is 8.01. The number of amides is 2. The van der Waals surface area contributed by atoms with E-state index in [4.69, 9.17) is 33.0 Å². The van der Waals surface area contributed by atoms with Crippen molar-refractivity contribution >= 4 is 81.1 Å². The molecule has 0 aromatic carbocycles. The topological polar surface area (TPSA) is 282 Å². The van der Waals surface area contributed by atoms with E-state index >= 15 is 0 Å². The zero-order chi connectivity index (χ0) is 29.3. The van der Waals surface area contributed by atoms with E-state index in [0.717, 1.165) is 32.7 Å². The standard InChI is InChI=1S/C20H22N10O7S3/c1-6(17(33)34)37-28-11(8-5-39-19(23)25-8)14(31)27-12-15(32)29-13(18(35)36)7(3-38-16(12)29)4-40-20-26-9(21)2-10(22)30(20)24/h2,5-6,12,16H,3-4,24H2,1H3,(H8,21,22,23,25,27,31,33,34,35,36)/b28-11-/t6-,12?,16-/m1/s1. The first kappa shape index (κ1) is 28.7. The number of thiazole rings is 1. The van der Waals surface area contributed by atoms with E-state index < -0.39 is 47.0 Å². The summed E-state index contributed by atoms with van der Waals surface area (Å²) in [6.07, 6.45) is -1.38. The number of carboxylic acid groups (broad SMARTS) is 2. The van der Waals surface area contributed by atoms with Crippen LogP contribution in [0.15, 0.2) is 33.0 Å². The molecule has 0 bridgehead atoms. The van der Waals surface area contributed by atoms with E-state index in [9.17, 15) is 24.3 Å². The minimum atomic E-state index is -1.57. The Hall–Kier alpha value is -4.30. The van der Waals surface area contributed by atoms with Crippen molar-refractivity contribution in [3.05, 3.63) is 28.4 Å². The second-order valence-electron chi connectivity index (χ2n) is 8.24. The molecule has 0 saturated carbocycles. The number of hydrogen-bond acceptors (Lipinski definition) is 16. The summed E-state index contributed by atoms with van der Waals surface area (Å²) in [7, 11) is 0. The van der Waals surface area contributed by atoms with Gasteiger partial charge in [-0.25, -0.2) is 9.78 Å². The molecule has 212 valence electrons. The van der Waals surface area contributed by atoms with E-state index in [1.807, 2.05) is 0 Å². The van der Waals surface area contributed by atoms with Crippen molar-refractivity contribution in [1.29, 1.82) is 0 Å². The largest absolute Gasteiger partial charge is 0.543 e. The number of hydrogen-bond donors (Lipinski definition) is 6. The van der Waals surface area contributed by atoms with Crippen LogP contribution in [-0.2, 0) is 24.0 Å². The number of nitrogens with zero attached hydrogens (tertiary/aromatic N) is 5. The predicted molar refractivity (Wildman–Crippen MR) is 142 cm³/mol. The zero-order valence-corrected chi connectivity index (χ0v) is 22.9. The predicted octanol–water partition coefficient (Wildman–Crippen LogP) is -3.32. The number of carboxylic acids is 2. The van der Waals surface area contributed by atoms with E-state index in [2.05, 4.69) is 20.4 Å². The van der Waals surface area contributed by atoms with Crippen LogP contribution >= 0.6 is 34.9 Å². The molecule has 1 unspecified atom stereocenters. The number of β-lactam (4-membered cyclic amide) rings is 1. The second kappa shape index (κ2) is 11.4. The van der Waals surface area contributed by atoms with Crippen LogP contribution in [0.4, 0.5) is 16.8 Å². The van der Waals surface area contributed by atoms with Gasteiger partial charge in [0.1, 0.15) is 17.1 Å². The highest BCUT2D eigenvalue weighted by Crippen LogP contribution is 2.41. The third-order valence-corrected chi connectivity index (χ3v) is 8.59. The van der Waals surface area contributed by atoms with Gasteiger partial charge in [-0.3, -0.25) is 20.3 Å². The Morgan fingerprint density at radius 3 is 2.73 bits per heavy atom. The van der Waals surface area contributed by atoms with E-state index in [1.165, 1.54) is 30.1 Å². The molecule has 2 aliphatic rings. The third kappa shape index (κ3) is 5.67. The Morgan fingerprint density at radius 1 is 1.38 bits per heavy atom.